The van der Waals surface area contributed by atoms with Gasteiger partial charge >= 0.3 is 0 Å². The zero-order valence-electron chi connectivity index (χ0n) is 13.5. The summed E-state index contributed by atoms with van der Waals surface area (Å²) in [4.78, 5) is 28.1. The molecule has 1 fully saturated rings. The minimum atomic E-state index is -0.110. The molecule has 0 unspecified atom stereocenters. The Morgan fingerprint density at radius 1 is 1.46 bits per heavy atom. The Bertz CT molecular complexity index is 629. The molecule has 0 spiro atoms. The first-order valence-electron chi connectivity index (χ1n) is 7.79. The smallest absolute Gasteiger partial charge is 0.265 e. The van der Waals surface area contributed by atoms with E-state index in [4.69, 9.17) is 4.74 Å². The van der Waals surface area contributed by atoms with Crippen molar-refractivity contribution in [3.05, 3.63) is 22.7 Å². The topological polar surface area (TPSA) is 61.9 Å². The number of piperazine rings is 1. The van der Waals surface area contributed by atoms with Crippen LogP contribution >= 0.6 is 28.3 Å². The number of carbonyl (C=O) groups excluding carboxylic acids is 2. The average Bonchev–Trinajstić information content (AvgIpc) is 2.54. The van der Waals surface area contributed by atoms with E-state index in [1.807, 2.05) is 30.0 Å². The fourth-order valence-corrected chi connectivity index (χ4v) is 3.33. The lowest BCUT2D eigenvalue weighted by Crippen LogP contribution is -2.53. The molecule has 0 aliphatic carbocycles. The molecular formula is C16H21BrClN3O3. The van der Waals surface area contributed by atoms with E-state index in [-0.39, 0.29) is 36.9 Å². The Balaban J connectivity index is 0.00000208. The fourth-order valence-electron chi connectivity index (χ4n) is 2.99. The highest BCUT2D eigenvalue weighted by atomic mass is 79.9. The third kappa shape index (κ3) is 4.02. The number of carbonyl (C=O) groups is 2. The molecule has 3 rings (SSSR count). The maximum absolute atomic E-state index is 12.4. The average molecular weight is 419 g/mol. The van der Waals surface area contributed by atoms with Crippen molar-refractivity contribution in [3.8, 4) is 5.75 Å². The van der Waals surface area contributed by atoms with Crippen LogP contribution in [-0.2, 0) is 9.59 Å². The normalized spacial score (nSPS) is 20.1. The molecule has 1 atom stereocenters. The molecule has 0 saturated carbocycles. The van der Waals surface area contributed by atoms with Crippen LogP contribution in [0, 0.1) is 0 Å². The molecule has 0 aromatic heterocycles. The molecule has 132 valence electrons. The zero-order chi connectivity index (χ0) is 16.4. The Morgan fingerprint density at radius 3 is 3.00 bits per heavy atom. The molecule has 6 nitrogen and oxygen atoms in total. The van der Waals surface area contributed by atoms with E-state index in [1.165, 1.54) is 0 Å². The number of rotatable bonds is 3. The van der Waals surface area contributed by atoms with Gasteiger partial charge in [-0.25, -0.2) is 0 Å². The number of fused-ring (bicyclic) bond motifs is 1. The van der Waals surface area contributed by atoms with Crippen LogP contribution in [0.2, 0.25) is 0 Å². The third-order valence-corrected chi connectivity index (χ3v) is 4.73. The van der Waals surface area contributed by atoms with Gasteiger partial charge in [0.15, 0.2) is 6.61 Å². The maximum atomic E-state index is 12.4. The van der Waals surface area contributed by atoms with Crippen LogP contribution in [-0.4, -0.2) is 55.5 Å². The number of nitrogens with zero attached hydrogens (tertiary/aromatic N) is 2. The number of nitrogens with one attached hydrogen (secondary N) is 1. The molecule has 1 aromatic carbocycles. The van der Waals surface area contributed by atoms with Gasteiger partial charge < -0.3 is 19.9 Å². The molecule has 8 heteroatoms. The Kier molecular flexibility index (Phi) is 6.48. The van der Waals surface area contributed by atoms with Gasteiger partial charge in [0.25, 0.3) is 5.91 Å². The monoisotopic (exact) mass is 417 g/mol. The molecular weight excluding hydrogens is 398 g/mol. The van der Waals surface area contributed by atoms with Crippen LogP contribution in [0.15, 0.2) is 22.7 Å². The Hall–Kier alpha value is -1.31. The van der Waals surface area contributed by atoms with Gasteiger partial charge in [-0.15, -0.1) is 12.4 Å². The largest absolute Gasteiger partial charge is 0.482 e. The number of halogens is 2. The van der Waals surface area contributed by atoms with E-state index in [0.29, 0.717) is 18.7 Å². The fraction of sp³-hybridized carbons (Fsp3) is 0.500. The van der Waals surface area contributed by atoms with Crippen molar-refractivity contribution in [2.75, 3.05) is 37.7 Å². The lowest BCUT2D eigenvalue weighted by atomic mass is 10.2. The Labute approximate surface area is 156 Å². The van der Waals surface area contributed by atoms with Crippen molar-refractivity contribution in [1.82, 2.24) is 10.2 Å². The van der Waals surface area contributed by atoms with Gasteiger partial charge in [0, 0.05) is 43.1 Å². The van der Waals surface area contributed by atoms with Gasteiger partial charge in [0.05, 0.1) is 5.69 Å². The summed E-state index contributed by atoms with van der Waals surface area (Å²) in [5, 5.41) is 3.27. The SMILES string of the molecule is C[C@H]1CNCCN1C(=O)CCN1C(=O)COc2cc(Br)ccc21.Cl. The summed E-state index contributed by atoms with van der Waals surface area (Å²) in [5.41, 5.74) is 0.727. The summed E-state index contributed by atoms with van der Waals surface area (Å²) in [6.45, 7) is 4.80. The summed E-state index contributed by atoms with van der Waals surface area (Å²) in [7, 11) is 0. The third-order valence-electron chi connectivity index (χ3n) is 4.24. The molecule has 1 aromatic rings. The molecule has 1 N–H and O–H groups in total. The quantitative estimate of drug-likeness (QED) is 0.813. The summed E-state index contributed by atoms with van der Waals surface area (Å²) in [6, 6.07) is 5.75. The van der Waals surface area contributed by atoms with E-state index >= 15 is 0 Å². The molecule has 0 bridgehead atoms. The second-order valence-corrected chi connectivity index (χ2v) is 6.75. The number of anilines is 1. The lowest BCUT2D eigenvalue weighted by Gasteiger charge is -2.35. The van der Waals surface area contributed by atoms with E-state index in [1.54, 1.807) is 4.90 Å². The second kappa shape index (κ2) is 8.18. The van der Waals surface area contributed by atoms with Crippen LogP contribution in [0.5, 0.6) is 5.75 Å². The number of ether oxygens (including phenoxy) is 1. The molecule has 24 heavy (non-hydrogen) atoms. The van der Waals surface area contributed by atoms with Gasteiger partial charge in [-0.05, 0) is 25.1 Å². The summed E-state index contributed by atoms with van der Waals surface area (Å²) in [6.07, 6.45) is 0.325. The lowest BCUT2D eigenvalue weighted by molar-refractivity contribution is -0.133. The zero-order valence-corrected chi connectivity index (χ0v) is 15.9. The first-order valence-corrected chi connectivity index (χ1v) is 8.58. The van der Waals surface area contributed by atoms with Crippen molar-refractivity contribution < 1.29 is 14.3 Å². The van der Waals surface area contributed by atoms with Crippen LogP contribution in [0.3, 0.4) is 0 Å². The van der Waals surface area contributed by atoms with Crippen LogP contribution in [0.4, 0.5) is 5.69 Å². The predicted molar refractivity (Wildman–Crippen MR) is 97.9 cm³/mol. The van der Waals surface area contributed by atoms with Crippen molar-refractivity contribution in [2.45, 2.75) is 19.4 Å². The van der Waals surface area contributed by atoms with Gasteiger partial charge in [0.2, 0.25) is 5.91 Å². The first kappa shape index (κ1) is 19.0. The minimum Gasteiger partial charge on any atom is -0.482 e. The molecule has 2 aliphatic rings. The van der Waals surface area contributed by atoms with E-state index in [2.05, 4.69) is 21.2 Å². The molecule has 0 radical (unpaired) electrons. The number of amides is 2. The van der Waals surface area contributed by atoms with Gasteiger partial charge in [-0.1, -0.05) is 15.9 Å². The van der Waals surface area contributed by atoms with E-state index < -0.39 is 0 Å². The van der Waals surface area contributed by atoms with Gasteiger partial charge in [0.1, 0.15) is 5.75 Å². The van der Waals surface area contributed by atoms with Crippen LogP contribution in [0.25, 0.3) is 0 Å². The molecule has 1 saturated heterocycles. The van der Waals surface area contributed by atoms with Crippen LogP contribution in [0.1, 0.15) is 13.3 Å². The van der Waals surface area contributed by atoms with Crippen molar-refractivity contribution >= 4 is 45.8 Å². The number of hydrogen-bond acceptors (Lipinski definition) is 4. The number of hydrogen-bond donors (Lipinski definition) is 1. The second-order valence-electron chi connectivity index (χ2n) is 5.84. The highest BCUT2D eigenvalue weighted by molar-refractivity contribution is 9.10. The standard InChI is InChI=1S/C16H20BrN3O3.ClH/c1-11-9-18-5-7-19(11)15(21)4-6-20-13-3-2-12(17)8-14(13)23-10-16(20)22;/h2-3,8,11,18H,4-7,9-10H2,1H3;1H/t11-;/m0./s1. The summed E-state index contributed by atoms with van der Waals surface area (Å²) < 4.78 is 6.36. The minimum absolute atomic E-state index is 0. The maximum Gasteiger partial charge on any atom is 0.265 e. The summed E-state index contributed by atoms with van der Waals surface area (Å²) >= 11 is 3.40. The van der Waals surface area contributed by atoms with Crippen molar-refractivity contribution in [3.63, 3.8) is 0 Å². The first-order chi connectivity index (χ1) is 11.1. The molecule has 2 heterocycles. The van der Waals surface area contributed by atoms with E-state index in [0.717, 1.165) is 29.8 Å². The highest BCUT2D eigenvalue weighted by Gasteiger charge is 2.28. The van der Waals surface area contributed by atoms with E-state index in [9.17, 15) is 9.59 Å². The van der Waals surface area contributed by atoms with Gasteiger partial charge in [-0.2, -0.15) is 0 Å². The van der Waals surface area contributed by atoms with Gasteiger partial charge in [-0.3, -0.25) is 9.59 Å². The van der Waals surface area contributed by atoms with Crippen LogP contribution < -0.4 is 15.0 Å². The molecule has 2 amide bonds. The Morgan fingerprint density at radius 2 is 2.25 bits per heavy atom. The predicted octanol–water partition coefficient (Wildman–Crippen LogP) is 1.81. The van der Waals surface area contributed by atoms with Crippen molar-refractivity contribution in [2.24, 2.45) is 0 Å². The molecule has 2 aliphatic heterocycles. The van der Waals surface area contributed by atoms with Crippen molar-refractivity contribution in [1.29, 1.82) is 0 Å². The number of benzene rings is 1. The highest BCUT2D eigenvalue weighted by Crippen LogP contribution is 2.34. The summed E-state index contributed by atoms with van der Waals surface area (Å²) in [5.74, 6) is 0.653.